The Morgan fingerprint density at radius 1 is 1.62 bits per heavy atom. The van der Waals surface area contributed by atoms with Gasteiger partial charge in [0, 0.05) is 36.6 Å². The summed E-state index contributed by atoms with van der Waals surface area (Å²) in [7, 11) is 1.34. The number of hydrogen-bond acceptors (Lipinski definition) is 4. The van der Waals surface area contributed by atoms with Crippen molar-refractivity contribution >= 4 is 41.9 Å². The van der Waals surface area contributed by atoms with E-state index in [9.17, 15) is 9.59 Å². The number of amides is 1. The van der Waals surface area contributed by atoms with E-state index in [1.165, 1.54) is 7.05 Å². The number of ether oxygens (including phenoxy) is 1. The molecule has 0 atom stereocenters. The number of esters is 1. The molecule has 0 aromatic heterocycles. The van der Waals surface area contributed by atoms with Crippen LogP contribution in [0, 0.1) is 0 Å². The molecule has 0 aromatic rings. The van der Waals surface area contributed by atoms with Crippen LogP contribution in [0.2, 0.25) is 0 Å². The number of aliphatic hydroxyl groups excluding tert-OH is 1. The van der Waals surface area contributed by atoms with Crippen molar-refractivity contribution in [2.45, 2.75) is 6.92 Å². The molecule has 0 aliphatic heterocycles. The summed E-state index contributed by atoms with van der Waals surface area (Å²) in [6.45, 7) is 1.83. The Labute approximate surface area is 98.6 Å². The fraction of sp³-hybridized carbons (Fsp3) is 0.429. The first-order chi connectivity index (χ1) is 5.67. The van der Waals surface area contributed by atoms with E-state index in [1.807, 2.05) is 0 Å². The molecule has 0 saturated heterocycles. The maximum atomic E-state index is 10.9. The van der Waals surface area contributed by atoms with Crippen molar-refractivity contribution in [3.05, 3.63) is 12.0 Å². The number of rotatable bonds is 4. The predicted octanol–water partition coefficient (Wildman–Crippen LogP) is -0.344. The van der Waals surface area contributed by atoms with Gasteiger partial charge in [-0.1, -0.05) is 0 Å². The summed E-state index contributed by atoms with van der Waals surface area (Å²) in [5.74, 6) is -0.727. The van der Waals surface area contributed by atoms with Crippen LogP contribution in [0.15, 0.2) is 12.0 Å². The minimum absolute atomic E-state index is 0. The molecular weight excluding hydrogens is 185 g/mol. The van der Waals surface area contributed by atoms with E-state index in [0.29, 0.717) is 12.7 Å². The quantitative estimate of drug-likeness (QED) is 0.219. The Hall–Kier alpha value is -0.520. The normalized spacial score (nSPS) is 9.85. The third-order valence-electron chi connectivity index (χ3n) is 1.14. The molecule has 0 fully saturated rings. The van der Waals surface area contributed by atoms with Crippen molar-refractivity contribution in [3.8, 4) is 0 Å². The van der Waals surface area contributed by atoms with Gasteiger partial charge in [-0.3, -0.25) is 4.79 Å². The van der Waals surface area contributed by atoms with Crippen molar-refractivity contribution in [3.63, 3.8) is 0 Å². The van der Waals surface area contributed by atoms with Crippen molar-refractivity contribution in [2.24, 2.45) is 0 Å². The summed E-state index contributed by atoms with van der Waals surface area (Å²) in [5, 5.41) is 8.56. The molecular formula is C7H11NNaO4. The van der Waals surface area contributed by atoms with Crippen LogP contribution in [0.25, 0.3) is 0 Å². The van der Waals surface area contributed by atoms with Crippen LogP contribution in [0.1, 0.15) is 6.92 Å². The van der Waals surface area contributed by atoms with Crippen LogP contribution >= 0.6 is 0 Å². The fourth-order valence-corrected chi connectivity index (χ4v) is 0.550. The first-order valence-corrected chi connectivity index (χ1v) is 3.37. The van der Waals surface area contributed by atoms with Gasteiger partial charge in [-0.15, -0.1) is 0 Å². The maximum absolute atomic E-state index is 10.9. The number of hydrogen-bond donors (Lipinski definition) is 1. The van der Waals surface area contributed by atoms with E-state index in [-0.39, 0.29) is 41.9 Å². The van der Waals surface area contributed by atoms with Crippen molar-refractivity contribution in [1.82, 2.24) is 4.90 Å². The van der Waals surface area contributed by atoms with Crippen molar-refractivity contribution < 1.29 is 19.4 Å². The smallest absolute Gasteiger partial charge is 0.358 e. The Kier molecular flexibility index (Phi) is 9.33. The number of likely N-dealkylation sites (N-methyl/N-ethyl adjacent to an activating group) is 1. The minimum atomic E-state index is -0.727. The van der Waals surface area contributed by atoms with Gasteiger partial charge in [0.1, 0.15) is 6.26 Å². The van der Waals surface area contributed by atoms with Crippen LogP contribution in [0.4, 0.5) is 0 Å². The Balaban J connectivity index is 0. The zero-order chi connectivity index (χ0) is 9.56. The van der Waals surface area contributed by atoms with E-state index in [4.69, 9.17) is 5.11 Å². The summed E-state index contributed by atoms with van der Waals surface area (Å²) >= 11 is 0. The monoisotopic (exact) mass is 196 g/mol. The van der Waals surface area contributed by atoms with Gasteiger partial charge in [0.25, 0.3) is 0 Å². The van der Waals surface area contributed by atoms with Gasteiger partial charge < -0.3 is 14.7 Å². The molecule has 0 heterocycles. The zero-order valence-electron chi connectivity index (χ0n) is 7.98. The molecule has 1 radical (unpaired) electrons. The standard InChI is InChI=1S/C7H11NO4.Na/c1-3-12-7(11)6(4-9)8(2)5-10;/h4-5,9H,3H2,1-2H3;/b6-4+;. The van der Waals surface area contributed by atoms with Crippen LogP contribution in [0.3, 0.4) is 0 Å². The van der Waals surface area contributed by atoms with E-state index < -0.39 is 5.97 Å². The third kappa shape index (κ3) is 4.92. The molecule has 6 heteroatoms. The second-order valence-corrected chi connectivity index (χ2v) is 1.95. The Morgan fingerprint density at radius 3 is 2.46 bits per heavy atom. The average Bonchev–Trinajstić information content (AvgIpc) is 2.06. The van der Waals surface area contributed by atoms with E-state index in [1.54, 1.807) is 6.92 Å². The van der Waals surface area contributed by atoms with E-state index in [0.717, 1.165) is 4.90 Å². The van der Waals surface area contributed by atoms with Crippen molar-refractivity contribution in [1.29, 1.82) is 0 Å². The molecule has 13 heavy (non-hydrogen) atoms. The molecule has 1 N–H and O–H groups in total. The summed E-state index contributed by atoms with van der Waals surface area (Å²) in [6.07, 6.45) is 0.936. The zero-order valence-corrected chi connectivity index (χ0v) is 9.98. The molecule has 0 unspecified atom stereocenters. The van der Waals surface area contributed by atoms with Crippen LogP contribution in [-0.2, 0) is 14.3 Å². The molecule has 0 rings (SSSR count). The average molecular weight is 196 g/mol. The first-order valence-electron chi connectivity index (χ1n) is 3.37. The van der Waals surface area contributed by atoms with Crippen molar-refractivity contribution in [2.75, 3.05) is 13.7 Å². The van der Waals surface area contributed by atoms with Gasteiger partial charge in [0.2, 0.25) is 6.41 Å². The van der Waals surface area contributed by atoms with Gasteiger partial charge in [0.15, 0.2) is 5.70 Å². The molecule has 0 saturated carbocycles. The summed E-state index contributed by atoms with van der Waals surface area (Å²) < 4.78 is 4.55. The molecule has 5 nitrogen and oxygen atoms in total. The van der Waals surface area contributed by atoms with Crippen LogP contribution in [0.5, 0.6) is 0 Å². The topological polar surface area (TPSA) is 66.8 Å². The summed E-state index contributed by atoms with van der Waals surface area (Å²) in [6, 6.07) is 0. The SMILES string of the molecule is CCOC(=O)/C(=C\O)N(C)C=O.[Na]. The number of aliphatic hydroxyl groups is 1. The molecule has 0 spiro atoms. The van der Waals surface area contributed by atoms with Gasteiger partial charge in [-0.25, -0.2) is 4.79 Å². The Morgan fingerprint density at radius 2 is 2.15 bits per heavy atom. The van der Waals surface area contributed by atoms with Gasteiger partial charge >= 0.3 is 5.97 Å². The Bertz CT molecular complexity index is 205. The van der Waals surface area contributed by atoms with Gasteiger partial charge in [-0.05, 0) is 6.92 Å². The molecule has 1 amide bonds. The largest absolute Gasteiger partial charge is 0.513 e. The van der Waals surface area contributed by atoms with E-state index >= 15 is 0 Å². The maximum Gasteiger partial charge on any atom is 0.358 e. The second-order valence-electron chi connectivity index (χ2n) is 1.95. The summed E-state index contributed by atoms with van der Waals surface area (Å²) in [5.41, 5.74) is -0.188. The van der Waals surface area contributed by atoms with Gasteiger partial charge in [-0.2, -0.15) is 0 Å². The number of nitrogens with zero attached hydrogens (tertiary/aromatic N) is 1. The minimum Gasteiger partial charge on any atom is -0.513 e. The molecule has 69 valence electrons. The third-order valence-corrected chi connectivity index (χ3v) is 1.14. The number of carbonyl (C=O) groups excluding carboxylic acids is 2. The second kappa shape index (κ2) is 8.10. The molecule has 0 aromatic carbocycles. The number of carbonyl (C=O) groups is 2. The summed E-state index contributed by atoms with van der Waals surface area (Å²) in [4.78, 5) is 22.0. The molecule has 0 bridgehead atoms. The predicted molar refractivity (Wildman–Crippen MR) is 46.9 cm³/mol. The van der Waals surface area contributed by atoms with Crippen LogP contribution < -0.4 is 0 Å². The molecule has 0 aliphatic rings. The molecule has 0 aliphatic carbocycles. The first kappa shape index (κ1) is 15.0. The fourth-order valence-electron chi connectivity index (χ4n) is 0.550. The van der Waals surface area contributed by atoms with E-state index in [2.05, 4.69) is 4.74 Å². The van der Waals surface area contributed by atoms with Crippen LogP contribution in [-0.4, -0.2) is 65.6 Å². The van der Waals surface area contributed by atoms with Gasteiger partial charge in [0.05, 0.1) is 6.61 Å².